The number of ether oxygens (including phenoxy) is 1. The quantitative estimate of drug-likeness (QED) is 0.894. The van der Waals surface area contributed by atoms with E-state index in [1.54, 1.807) is 0 Å². The van der Waals surface area contributed by atoms with Gasteiger partial charge >= 0.3 is 0 Å². The molecule has 0 aromatic heterocycles. The third-order valence-electron chi connectivity index (χ3n) is 3.76. The maximum absolute atomic E-state index is 12.1. The summed E-state index contributed by atoms with van der Waals surface area (Å²) < 4.78 is 5.57. The highest BCUT2D eigenvalue weighted by atomic mass is 16.5. The first-order chi connectivity index (χ1) is 10.3. The van der Waals surface area contributed by atoms with E-state index in [4.69, 9.17) is 4.74 Å². The van der Waals surface area contributed by atoms with Crippen LogP contribution >= 0.6 is 0 Å². The molecule has 1 saturated heterocycles. The minimum Gasteiger partial charge on any atom is -0.374 e. The van der Waals surface area contributed by atoms with Crippen molar-refractivity contribution >= 4 is 16.7 Å². The lowest BCUT2D eigenvalue weighted by Gasteiger charge is -2.23. The monoisotopic (exact) mass is 284 g/mol. The molecule has 1 amide bonds. The van der Waals surface area contributed by atoms with Crippen molar-refractivity contribution in [3.8, 4) is 0 Å². The van der Waals surface area contributed by atoms with E-state index in [1.807, 2.05) is 24.3 Å². The van der Waals surface area contributed by atoms with Crippen LogP contribution < -0.4 is 10.6 Å². The first-order valence-corrected chi connectivity index (χ1v) is 7.38. The lowest BCUT2D eigenvalue weighted by Crippen LogP contribution is -2.45. The predicted molar refractivity (Wildman–Crippen MR) is 83.3 cm³/mol. The molecule has 1 atom stereocenters. The second-order valence-corrected chi connectivity index (χ2v) is 5.32. The second-order valence-electron chi connectivity index (χ2n) is 5.32. The van der Waals surface area contributed by atoms with Crippen molar-refractivity contribution in [3.63, 3.8) is 0 Å². The van der Waals surface area contributed by atoms with E-state index in [9.17, 15) is 4.79 Å². The smallest absolute Gasteiger partial charge is 0.224 e. The molecule has 1 fully saturated rings. The molecular weight excluding hydrogens is 264 g/mol. The fraction of sp³-hybridized carbons (Fsp3) is 0.353. The van der Waals surface area contributed by atoms with Gasteiger partial charge in [-0.25, -0.2) is 0 Å². The zero-order chi connectivity index (χ0) is 14.5. The number of carbonyl (C=O) groups is 1. The van der Waals surface area contributed by atoms with Crippen molar-refractivity contribution in [1.82, 2.24) is 10.6 Å². The Morgan fingerprint density at radius 2 is 2.10 bits per heavy atom. The average Bonchev–Trinajstić information content (AvgIpc) is 2.54. The SMILES string of the molecule is O=C(Cc1cccc2ccccc12)NCC1CNCCO1. The Hall–Kier alpha value is -1.91. The maximum atomic E-state index is 12.1. The lowest BCUT2D eigenvalue weighted by molar-refractivity contribution is -0.121. The van der Waals surface area contributed by atoms with E-state index in [-0.39, 0.29) is 12.0 Å². The largest absolute Gasteiger partial charge is 0.374 e. The molecule has 4 nitrogen and oxygen atoms in total. The number of carbonyl (C=O) groups excluding carboxylic acids is 1. The van der Waals surface area contributed by atoms with E-state index in [0.717, 1.165) is 24.0 Å². The van der Waals surface area contributed by atoms with Gasteiger partial charge in [-0.05, 0) is 16.3 Å². The molecule has 2 aromatic carbocycles. The molecule has 0 saturated carbocycles. The van der Waals surface area contributed by atoms with Crippen LogP contribution in [-0.4, -0.2) is 38.3 Å². The van der Waals surface area contributed by atoms with Gasteiger partial charge in [-0.2, -0.15) is 0 Å². The minimum atomic E-state index is 0.0422. The van der Waals surface area contributed by atoms with Crippen LogP contribution in [0.4, 0.5) is 0 Å². The summed E-state index contributed by atoms with van der Waals surface area (Å²) in [7, 11) is 0. The van der Waals surface area contributed by atoms with E-state index in [0.29, 0.717) is 19.6 Å². The van der Waals surface area contributed by atoms with E-state index < -0.39 is 0 Å². The second kappa shape index (κ2) is 6.70. The predicted octanol–water partition coefficient (Wildman–Crippen LogP) is 1.49. The number of fused-ring (bicyclic) bond motifs is 1. The van der Waals surface area contributed by atoms with E-state index in [1.165, 1.54) is 5.39 Å². The third-order valence-corrected chi connectivity index (χ3v) is 3.76. The summed E-state index contributed by atoms with van der Waals surface area (Å²) in [4.78, 5) is 12.1. The van der Waals surface area contributed by atoms with Crippen LogP contribution in [0.25, 0.3) is 10.8 Å². The van der Waals surface area contributed by atoms with Gasteiger partial charge in [0.1, 0.15) is 0 Å². The van der Waals surface area contributed by atoms with Crippen LogP contribution in [-0.2, 0) is 16.0 Å². The highest BCUT2D eigenvalue weighted by Crippen LogP contribution is 2.18. The fourth-order valence-corrected chi connectivity index (χ4v) is 2.66. The van der Waals surface area contributed by atoms with Crippen LogP contribution in [0.1, 0.15) is 5.56 Å². The van der Waals surface area contributed by atoms with Gasteiger partial charge in [-0.3, -0.25) is 4.79 Å². The van der Waals surface area contributed by atoms with Crippen LogP contribution in [0.3, 0.4) is 0 Å². The summed E-state index contributed by atoms with van der Waals surface area (Å²) in [5, 5.41) is 8.53. The summed E-state index contributed by atoms with van der Waals surface area (Å²) >= 11 is 0. The van der Waals surface area contributed by atoms with Crippen LogP contribution in [0, 0.1) is 0 Å². The van der Waals surface area contributed by atoms with Gasteiger partial charge in [0.2, 0.25) is 5.91 Å². The molecule has 3 rings (SSSR count). The minimum absolute atomic E-state index is 0.0422. The van der Waals surface area contributed by atoms with Crippen molar-refractivity contribution in [2.75, 3.05) is 26.2 Å². The van der Waals surface area contributed by atoms with Gasteiger partial charge in [0.05, 0.1) is 19.1 Å². The Kier molecular flexibility index (Phi) is 4.48. The normalized spacial score (nSPS) is 18.6. The first-order valence-electron chi connectivity index (χ1n) is 7.38. The number of rotatable bonds is 4. The van der Waals surface area contributed by atoms with Crippen LogP contribution in [0.15, 0.2) is 42.5 Å². The Balaban J connectivity index is 1.61. The Bertz CT molecular complexity index is 616. The molecule has 0 bridgehead atoms. The standard InChI is InChI=1S/C17H20N2O2/c20-17(19-12-15-11-18-8-9-21-15)10-14-6-3-5-13-4-1-2-7-16(13)14/h1-7,15,18H,8-12H2,(H,19,20). The number of nitrogens with one attached hydrogen (secondary N) is 2. The molecule has 0 spiro atoms. The molecule has 2 N–H and O–H groups in total. The highest BCUT2D eigenvalue weighted by molar-refractivity contribution is 5.90. The molecule has 21 heavy (non-hydrogen) atoms. The van der Waals surface area contributed by atoms with Gasteiger partial charge in [-0.1, -0.05) is 42.5 Å². The molecule has 1 aliphatic rings. The summed E-state index contributed by atoms with van der Waals surface area (Å²) in [6.45, 7) is 2.97. The number of hydrogen-bond donors (Lipinski definition) is 2. The Labute approximate surface area is 124 Å². The van der Waals surface area contributed by atoms with Gasteiger partial charge in [-0.15, -0.1) is 0 Å². The van der Waals surface area contributed by atoms with Crippen molar-refractivity contribution < 1.29 is 9.53 Å². The van der Waals surface area contributed by atoms with Crippen molar-refractivity contribution in [2.45, 2.75) is 12.5 Å². The molecule has 2 aromatic rings. The Morgan fingerprint density at radius 3 is 2.95 bits per heavy atom. The number of hydrogen-bond acceptors (Lipinski definition) is 3. The van der Waals surface area contributed by atoms with E-state index in [2.05, 4.69) is 28.8 Å². The summed E-state index contributed by atoms with van der Waals surface area (Å²) in [5.74, 6) is 0.0422. The zero-order valence-corrected chi connectivity index (χ0v) is 12.0. The summed E-state index contributed by atoms with van der Waals surface area (Å²) in [6, 6.07) is 14.2. The number of morpholine rings is 1. The molecule has 110 valence electrons. The highest BCUT2D eigenvalue weighted by Gasteiger charge is 2.14. The van der Waals surface area contributed by atoms with Crippen molar-refractivity contribution in [2.24, 2.45) is 0 Å². The average molecular weight is 284 g/mol. The molecule has 1 unspecified atom stereocenters. The third kappa shape index (κ3) is 3.60. The topological polar surface area (TPSA) is 50.4 Å². The van der Waals surface area contributed by atoms with Crippen LogP contribution in [0.2, 0.25) is 0 Å². The summed E-state index contributed by atoms with van der Waals surface area (Å²) in [6.07, 6.45) is 0.483. The molecule has 1 heterocycles. The molecule has 4 heteroatoms. The molecule has 0 aliphatic carbocycles. The van der Waals surface area contributed by atoms with Crippen molar-refractivity contribution in [1.29, 1.82) is 0 Å². The number of amides is 1. The van der Waals surface area contributed by atoms with Gasteiger partial charge < -0.3 is 15.4 Å². The van der Waals surface area contributed by atoms with Crippen LogP contribution in [0.5, 0.6) is 0 Å². The zero-order valence-electron chi connectivity index (χ0n) is 12.0. The van der Waals surface area contributed by atoms with Gasteiger partial charge in [0, 0.05) is 19.6 Å². The molecule has 0 radical (unpaired) electrons. The van der Waals surface area contributed by atoms with Gasteiger partial charge in [0.25, 0.3) is 0 Å². The lowest BCUT2D eigenvalue weighted by atomic mass is 10.0. The van der Waals surface area contributed by atoms with Gasteiger partial charge in [0.15, 0.2) is 0 Å². The first kappa shape index (κ1) is 14.0. The number of benzene rings is 2. The fourth-order valence-electron chi connectivity index (χ4n) is 2.66. The van der Waals surface area contributed by atoms with E-state index >= 15 is 0 Å². The maximum Gasteiger partial charge on any atom is 0.224 e. The Morgan fingerprint density at radius 1 is 1.24 bits per heavy atom. The molecule has 1 aliphatic heterocycles. The summed E-state index contributed by atoms with van der Waals surface area (Å²) in [5.41, 5.74) is 1.06. The molecular formula is C17H20N2O2. The van der Waals surface area contributed by atoms with Crippen molar-refractivity contribution in [3.05, 3.63) is 48.0 Å².